The Morgan fingerprint density at radius 1 is 1.62 bits per heavy atom. The molecule has 1 aromatic rings. The van der Waals surface area contributed by atoms with Crippen LogP contribution in [0.25, 0.3) is 0 Å². The van der Waals surface area contributed by atoms with Gasteiger partial charge in [-0.15, -0.1) is 10.2 Å². The summed E-state index contributed by atoms with van der Waals surface area (Å²) in [6.07, 6.45) is 0.0217. The summed E-state index contributed by atoms with van der Waals surface area (Å²) in [6, 6.07) is 0. The summed E-state index contributed by atoms with van der Waals surface area (Å²) in [4.78, 5) is 11.5. The Bertz CT molecular complexity index is 294. The van der Waals surface area contributed by atoms with E-state index in [4.69, 9.17) is 5.11 Å². The molecular weight excluding hydrogens is 172 g/mol. The molecule has 0 saturated heterocycles. The zero-order valence-electron chi connectivity index (χ0n) is 7.64. The molecule has 0 fully saturated rings. The third-order valence-electron chi connectivity index (χ3n) is 1.51. The lowest BCUT2D eigenvalue weighted by molar-refractivity contribution is -0.137. The number of aromatic nitrogens is 4. The molecule has 1 N–H and O–H groups in total. The van der Waals surface area contributed by atoms with E-state index in [0.717, 1.165) is 0 Å². The number of hydrogen-bond acceptors (Lipinski definition) is 4. The average Bonchev–Trinajstić information content (AvgIpc) is 2.48. The van der Waals surface area contributed by atoms with Gasteiger partial charge in [-0.25, -0.2) is 0 Å². The lowest BCUT2D eigenvalue weighted by Crippen LogP contribution is -2.07. The minimum atomic E-state index is -0.858. The van der Waals surface area contributed by atoms with Gasteiger partial charge in [-0.1, -0.05) is 13.8 Å². The van der Waals surface area contributed by atoms with Crippen LogP contribution in [-0.4, -0.2) is 31.3 Å². The van der Waals surface area contributed by atoms with Gasteiger partial charge in [0.15, 0.2) is 5.82 Å². The van der Waals surface area contributed by atoms with E-state index in [1.54, 1.807) is 0 Å². The maximum atomic E-state index is 10.2. The molecule has 6 nitrogen and oxygen atoms in total. The topological polar surface area (TPSA) is 80.9 Å². The molecule has 0 atom stereocenters. The number of carbonyl (C=O) groups is 1. The van der Waals surface area contributed by atoms with Gasteiger partial charge in [-0.3, -0.25) is 4.79 Å². The van der Waals surface area contributed by atoms with Crippen LogP contribution in [0.2, 0.25) is 0 Å². The van der Waals surface area contributed by atoms with Crippen LogP contribution in [0.5, 0.6) is 0 Å². The third kappa shape index (κ3) is 2.81. The zero-order valence-corrected chi connectivity index (χ0v) is 7.64. The predicted molar refractivity (Wildman–Crippen MR) is 44.2 cm³/mol. The van der Waals surface area contributed by atoms with Gasteiger partial charge in [0.1, 0.15) is 0 Å². The molecule has 1 aromatic heterocycles. The molecule has 0 spiro atoms. The molecule has 6 heteroatoms. The van der Waals surface area contributed by atoms with Crippen molar-refractivity contribution in [3.8, 4) is 0 Å². The standard InChI is InChI=1S/C7H12N4O2/c1-5(2)7-8-10-11(9-7)4-3-6(12)13/h5H,3-4H2,1-2H3,(H,12,13). The van der Waals surface area contributed by atoms with E-state index in [1.807, 2.05) is 13.8 Å². The van der Waals surface area contributed by atoms with Crippen LogP contribution >= 0.6 is 0 Å². The first-order chi connectivity index (χ1) is 6.09. The average molecular weight is 184 g/mol. The summed E-state index contributed by atoms with van der Waals surface area (Å²) in [5.74, 6) is 0.00682. The maximum Gasteiger partial charge on any atom is 0.305 e. The maximum absolute atomic E-state index is 10.2. The first-order valence-corrected chi connectivity index (χ1v) is 4.09. The number of carboxylic acids is 1. The van der Waals surface area contributed by atoms with Gasteiger partial charge in [0, 0.05) is 5.92 Å². The summed E-state index contributed by atoms with van der Waals surface area (Å²) in [5, 5.41) is 19.9. The number of hydrogen-bond donors (Lipinski definition) is 1. The molecule has 0 radical (unpaired) electrons. The van der Waals surface area contributed by atoms with Gasteiger partial charge in [-0.05, 0) is 5.21 Å². The van der Waals surface area contributed by atoms with Crippen molar-refractivity contribution in [3.05, 3.63) is 5.82 Å². The molecule has 0 aliphatic heterocycles. The van der Waals surface area contributed by atoms with Crippen LogP contribution in [0, 0.1) is 0 Å². The number of tetrazole rings is 1. The second-order valence-corrected chi connectivity index (χ2v) is 3.04. The molecule has 0 aromatic carbocycles. The van der Waals surface area contributed by atoms with Gasteiger partial charge in [0.2, 0.25) is 0 Å². The molecule has 0 amide bonds. The number of aryl methyl sites for hydroxylation is 1. The van der Waals surface area contributed by atoms with Gasteiger partial charge in [-0.2, -0.15) is 4.80 Å². The molecule has 0 unspecified atom stereocenters. The molecular formula is C7H12N4O2. The minimum Gasteiger partial charge on any atom is -0.481 e. The van der Waals surface area contributed by atoms with Crippen molar-refractivity contribution in [2.45, 2.75) is 32.7 Å². The van der Waals surface area contributed by atoms with Crippen LogP contribution in [0.3, 0.4) is 0 Å². The lowest BCUT2D eigenvalue weighted by Gasteiger charge is -1.95. The fourth-order valence-electron chi connectivity index (χ4n) is 0.777. The van der Waals surface area contributed by atoms with E-state index >= 15 is 0 Å². The van der Waals surface area contributed by atoms with Crippen LogP contribution in [-0.2, 0) is 11.3 Å². The molecule has 13 heavy (non-hydrogen) atoms. The van der Waals surface area contributed by atoms with Crippen LogP contribution in [0.1, 0.15) is 32.0 Å². The molecule has 1 rings (SSSR count). The third-order valence-corrected chi connectivity index (χ3v) is 1.51. The van der Waals surface area contributed by atoms with Gasteiger partial charge >= 0.3 is 5.97 Å². The molecule has 0 saturated carbocycles. The van der Waals surface area contributed by atoms with E-state index in [9.17, 15) is 4.79 Å². The van der Waals surface area contributed by atoms with Gasteiger partial charge < -0.3 is 5.11 Å². The second kappa shape index (κ2) is 3.97. The van der Waals surface area contributed by atoms with Crippen LogP contribution < -0.4 is 0 Å². The highest BCUT2D eigenvalue weighted by molar-refractivity contribution is 5.66. The van der Waals surface area contributed by atoms with E-state index in [0.29, 0.717) is 5.82 Å². The Labute approximate surface area is 75.6 Å². The highest BCUT2D eigenvalue weighted by Gasteiger charge is 2.07. The monoisotopic (exact) mass is 184 g/mol. The second-order valence-electron chi connectivity index (χ2n) is 3.04. The Kier molecular flexibility index (Phi) is 2.94. The molecule has 72 valence electrons. The molecule has 0 aliphatic rings. The van der Waals surface area contributed by atoms with Crippen molar-refractivity contribution in [2.75, 3.05) is 0 Å². The van der Waals surface area contributed by atoms with E-state index < -0.39 is 5.97 Å². The lowest BCUT2D eigenvalue weighted by atomic mass is 10.2. The molecule has 1 heterocycles. The fourth-order valence-corrected chi connectivity index (χ4v) is 0.777. The first-order valence-electron chi connectivity index (χ1n) is 4.09. The van der Waals surface area contributed by atoms with Crippen molar-refractivity contribution in [2.24, 2.45) is 0 Å². The van der Waals surface area contributed by atoms with Gasteiger partial charge in [0.05, 0.1) is 13.0 Å². The number of rotatable bonds is 4. The summed E-state index contributed by atoms with van der Waals surface area (Å²) < 4.78 is 0. The number of aliphatic carboxylic acids is 1. The van der Waals surface area contributed by atoms with E-state index in [-0.39, 0.29) is 18.9 Å². The van der Waals surface area contributed by atoms with E-state index in [2.05, 4.69) is 15.4 Å². The Morgan fingerprint density at radius 2 is 2.31 bits per heavy atom. The van der Waals surface area contributed by atoms with Gasteiger partial charge in [0.25, 0.3) is 0 Å². The largest absolute Gasteiger partial charge is 0.481 e. The summed E-state index contributed by atoms with van der Waals surface area (Å²) >= 11 is 0. The summed E-state index contributed by atoms with van der Waals surface area (Å²) in [6.45, 7) is 4.19. The number of carboxylic acid groups (broad SMARTS) is 1. The minimum absolute atomic E-state index is 0.0217. The SMILES string of the molecule is CC(C)c1nnn(CCC(=O)O)n1. The summed E-state index contributed by atoms with van der Waals surface area (Å²) in [5.41, 5.74) is 0. The summed E-state index contributed by atoms with van der Waals surface area (Å²) in [7, 11) is 0. The Balaban J connectivity index is 2.54. The quantitative estimate of drug-likeness (QED) is 0.726. The van der Waals surface area contributed by atoms with Crippen LogP contribution in [0.15, 0.2) is 0 Å². The Hall–Kier alpha value is -1.46. The fraction of sp³-hybridized carbons (Fsp3) is 0.714. The first kappa shape index (κ1) is 9.63. The number of nitrogens with zero attached hydrogens (tertiary/aromatic N) is 4. The zero-order chi connectivity index (χ0) is 9.84. The predicted octanol–water partition coefficient (Wildman–Crippen LogP) is 0.271. The van der Waals surface area contributed by atoms with Crippen molar-refractivity contribution < 1.29 is 9.90 Å². The van der Waals surface area contributed by atoms with Crippen molar-refractivity contribution in [1.29, 1.82) is 0 Å². The van der Waals surface area contributed by atoms with Crippen LogP contribution in [0.4, 0.5) is 0 Å². The smallest absolute Gasteiger partial charge is 0.305 e. The molecule has 0 bridgehead atoms. The molecule has 0 aliphatic carbocycles. The highest BCUT2D eigenvalue weighted by Crippen LogP contribution is 2.05. The van der Waals surface area contributed by atoms with Crippen molar-refractivity contribution in [1.82, 2.24) is 20.2 Å². The van der Waals surface area contributed by atoms with Crippen molar-refractivity contribution in [3.63, 3.8) is 0 Å². The van der Waals surface area contributed by atoms with E-state index in [1.165, 1.54) is 4.80 Å². The van der Waals surface area contributed by atoms with Crippen molar-refractivity contribution >= 4 is 5.97 Å². The Morgan fingerprint density at radius 3 is 2.77 bits per heavy atom. The highest BCUT2D eigenvalue weighted by atomic mass is 16.4. The normalized spacial score (nSPS) is 10.7.